The number of nitro groups is 1. The maximum absolute atomic E-state index is 12.8. The highest BCUT2D eigenvalue weighted by atomic mass is 19.1. The molecule has 0 heterocycles. The lowest BCUT2D eigenvalue weighted by molar-refractivity contribution is -0.384. The summed E-state index contributed by atoms with van der Waals surface area (Å²) in [5.74, 6) is -0.467. The molecule has 0 bridgehead atoms. The molecule has 1 amide bonds. The Morgan fingerprint density at radius 2 is 1.77 bits per heavy atom. The first kappa shape index (κ1) is 15.4. The van der Waals surface area contributed by atoms with Crippen LogP contribution in [0.3, 0.4) is 0 Å². The molecule has 2 aromatic carbocycles. The number of ether oxygens (including phenoxy) is 1. The molecule has 2 rings (SSSR count). The molecule has 0 saturated heterocycles. The van der Waals surface area contributed by atoms with Crippen LogP contribution in [0.25, 0.3) is 0 Å². The molecule has 6 nitrogen and oxygen atoms in total. The molecule has 0 aromatic heterocycles. The predicted molar refractivity (Wildman–Crippen MR) is 78.2 cm³/mol. The van der Waals surface area contributed by atoms with Crippen LogP contribution in [-0.4, -0.2) is 16.9 Å². The molecule has 7 heteroatoms. The fraction of sp³-hybridized carbons (Fsp3) is 0.133. The van der Waals surface area contributed by atoms with Crippen molar-refractivity contribution in [3.8, 4) is 5.75 Å². The third-order valence-corrected chi connectivity index (χ3v) is 2.84. The molecule has 0 spiro atoms. The van der Waals surface area contributed by atoms with Crippen LogP contribution < -0.4 is 10.1 Å². The number of hydrogen-bond donors (Lipinski definition) is 1. The zero-order chi connectivity index (χ0) is 16.1. The summed E-state index contributed by atoms with van der Waals surface area (Å²) in [6, 6.07) is 10.8. The van der Waals surface area contributed by atoms with Gasteiger partial charge in [-0.2, -0.15) is 0 Å². The number of amides is 1. The number of rotatable bonds is 5. The minimum Gasteiger partial charge on any atom is -0.481 e. The van der Waals surface area contributed by atoms with Crippen molar-refractivity contribution in [3.63, 3.8) is 0 Å². The summed E-state index contributed by atoms with van der Waals surface area (Å²) in [6.45, 7) is 1.54. The van der Waals surface area contributed by atoms with Gasteiger partial charge in [0.15, 0.2) is 6.10 Å². The minimum absolute atomic E-state index is 0.0595. The van der Waals surface area contributed by atoms with Gasteiger partial charge in [0.25, 0.3) is 11.6 Å². The molecule has 2 aromatic rings. The molecule has 114 valence electrons. The highest BCUT2D eigenvalue weighted by molar-refractivity contribution is 5.94. The summed E-state index contributed by atoms with van der Waals surface area (Å²) in [6.07, 6.45) is -0.813. The zero-order valence-corrected chi connectivity index (χ0v) is 11.7. The lowest BCUT2D eigenvalue weighted by atomic mass is 10.2. The Kier molecular flexibility index (Phi) is 4.67. The summed E-state index contributed by atoms with van der Waals surface area (Å²) >= 11 is 0. The van der Waals surface area contributed by atoms with Crippen LogP contribution in [-0.2, 0) is 4.79 Å². The third-order valence-electron chi connectivity index (χ3n) is 2.84. The van der Waals surface area contributed by atoms with Crippen LogP contribution in [0.15, 0.2) is 48.5 Å². The van der Waals surface area contributed by atoms with Crippen molar-refractivity contribution in [3.05, 3.63) is 64.5 Å². The van der Waals surface area contributed by atoms with Gasteiger partial charge in [0, 0.05) is 17.8 Å². The van der Waals surface area contributed by atoms with Crippen LogP contribution in [0.4, 0.5) is 15.8 Å². The van der Waals surface area contributed by atoms with E-state index >= 15 is 0 Å². The van der Waals surface area contributed by atoms with Crippen molar-refractivity contribution in [2.75, 3.05) is 5.32 Å². The largest absolute Gasteiger partial charge is 0.481 e. The van der Waals surface area contributed by atoms with E-state index < -0.39 is 22.8 Å². The first-order valence-electron chi connectivity index (χ1n) is 6.43. The number of nitro benzene ring substituents is 1. The summed E-state index contributed by atoms with van der Waals surface area (Å²) < 4.78 is 18.2. The van der Waals surface area contributed by atoms with Crippen molar-refractivity contribution in [1.82, 2.24) is 0 Å². The first-order valence-corrected chi connectivity index (χ1v) is 6.43. The smallest absolute Gasteiger partial charge is 0.269 e. The van der Waals surface area contributed by atoms with Crippen molar-refractivity contribution < 1.29 is 18.8 Å². The van der Waals surface area contributed by atoms with Gasteiger partial charge in [-0.3, -0.25) is 14.9 Å². The average Bonchev–Trinajstić information content (AvgIpc) is 2.50. The molecule has 22 heavy (non-hydrogen) atoms. The number of carbonyl (C=O) groups is 1. The molecule has 0 saturated carbocycles. The molecule has 0 radical (unpaired) electrons. The Balaban J connectivity index is 1.95. The summed E-state index contributed by atoms with van der Waals surface area (Å²) in [4.78, 5) is 22.0. The molecule has 1 atom stereocenters. The lowest BCUT2D eigenvalue weighted by Gasteiger charge is -2.14. The molecule has 0 fully saturated rings. The van der Waals surface area contributed by atoms with E-state index in [2.05, 4.69) is 5.32 Å². The van der Waals surface area contributed by atoms with Gasteiger partial charge < -0.3 is 10.1 Å². The summed E-state index contributed by atoms with van der Waals surface area (Å²) in [5, 5.41) is 13.1. The van der Waals surface area contributed by atoms with Gasteiger partial charge in [-0.25, -0.2) is 4.39 Å². The second-order valence-corrected chi connectivity index (χ2v) is 4.51. The zero-order valence-electron chi connectivity index (χ0n) is 11.7. The predicted octanol–water partition coefficient (Wildman–Crippen LogP) is 3.14. The van der Waals surface area contributed by atoms with E-state index in [1.54, 1.807) is 6.92 Å². The van der Waals surface area contributed by atoms with E-state index in [-0.39, 0.29) is 5.69 Å². The first-order chi connectivity index (χ1) is 10.5. The third kappa shape index (κ3) is 4.02. The van der Waals surface area contributed by atoms with E-state index in [0.29, 0.717) is 11.4 Å². The fourth-order valence-electron chi connectivity index (χ4n) is 1.68. The number of non-ortho nitro benzene ring substituents is 1. The van der Waals surface area contributed by atoms with E-state index in [1.807, 2.05) is 0 Å². The maximum atomic E-state index is 12.8. The number of carbonyl (C=O) groups excluding carboxylic acids is 1. The van der Waals surface area contributed by atoms with Crippen molar-refractivity contribution in [1.29, 1.82) is 0 Å². The Morgan fingerprint density at radius 3 is 2.32 bits per heavy atom. The number of halogens is 1. The molecular weight excluding hydrogens is 291 g/mol. The van der Waals surface area contributed by atoms with Crippen LogP contribution in [0.5, 0.6) is 5.75 Å². The Bertz CT molecular complexity index is 671. The van der Waals surface area contributed by atoms with Crippen molar-refractivity contribution in [2.45, 2.75) is 13.0 Å². The molecule has 0 aliphatic carbocycles. The minimum atomic E-state index is -0.813. The van der Waals surface area contributed by atoms with Gasteiger partial charge in [0.05, 0.1) is 4.92 Å². The Morgan fingerprint density at radius 1 is 1.18 bits per heavy atom. The standard InChI is InChI=1S/C15H13FN2O4/c1-10(15(19)17-12-4-2-11(16)3-5-12)22-14-8-6-13(7-9-14)18(20)21/h2-10H,1H3,(H,17,19). The van der Waals surface area contributed by atoms with Crippen LogP contribution in [0, 0.1) is 15.9 Å². The molecule has 1 N–H and O–H groups in total. The fourth-order valence-corrected chi connectivity index (χ4v) is 1.68. The van der Waals surface area contributed by atoms with Crippen LogP contribution >= 0.6 is 0 Å². The summed E-state index contributed by atoms with van der Waals surface area (Å²) in [7, 11) is 0. The Hall–Kier alpha value is -2.96. The molecule has 0 aliphatic heterocycles. The maximum Gasteiger partial charge on any atom is 0.269 e. The number of anilines is 1. The quantitative estimate of drug-likeness (QED) is 0.679. The SMILES string of the molecule is CC(Oc1ccc([N+](=O)[O-])cc1)C(=O)Nc1ccc(F)cc1. The molecule has 1 unspecified atom stereocenters. The number of nitrogens with one attached hydrogen (secondary N) is 1. The van der Waals surface area contributed by atoms with E-state index in [1.165, 1.54) is 48.5 Å². The van der Waals surface area contributed by atoms with Crippen LogP contribution in [0.2, 0.25) is 0 Å². The average molecular weight is 304 g/mol. The number of benzene rings is 2. The number of nitrogens with zero attached hydrogens (tertiary/aromatic N) is 1. The van der Waals surface area contributed by atoms with E-state index in [4.69, 9.17) is 4.74 Å². The van der Waals surface area contributed by atoms with Gasteiger partial charge >= 0.3 is 0 Å². The van der Waals surface area contributed by atoms with Crippen molar-refractivity contribution in [2.24, 2.45) is 0 Å². The molecule has 0 aliphatic rings. The monoisotopic (exact) mass is 304 g/mol. The summed E-state index contributed by atoms with van der Waals surface area (Å²) in [5.41, 5.74) is 0.390. The molecular formula is C15H13FN2O4. The highest BCUT2D eigenvalue weighted by Gasteiger charge is 2.15. The Labute approximate surface area is 125 Å². The van der Waals surface area contributed by atoms with Gasteiger partial charge in [-0.1, -0.05) is 0 Å². The second kappa shape index (κ2) is 6.66. The second-order valence-electron chi connectivity index (χ2n) is 4.51. The lowest BCUT2D eigenvalue weighted by Crippen LogP contribution is -2.30. The van der Waals surface area contributed by atoms with Gasteiger partial charge in [-0.15, -0.1) is 0 Å². The van der Waals surface area contributed by atoms with Gasteiger partial charge in [0.1, 0.15) is 11.6 Å². The highest BCUT2D eigenvalue weighted by Crippen LogP contribution is 2.19. The topological polar surface area (TPSA) is 81.5 Å². The van der Waals surface area contributed by atoms with Gasteiger partial charge in [-0.05, 0) is 43.3 Å². The van der Waals surface area contributed by atoms with Gasteiger partial charge in [0.2, 0.25) is 0 Å². The van der Waals surface area contributed by atoms with Crippen LogP contribution in [0.1, 0.15) is 6.92 Å². The van der Waals surface area contributed by atoms with E-state index in [0.717, 1.165) is 0 Å². The number of hydrogen-bond acceptors (Lipinski definition) is 4. The van der Waals surface area contributed by atoms with Crippen molar-refractivity contribution >= 4 is 17.3 Å². The van der Waals surface area contributed by atoms with E-state index in [9.17, 15) is 19.3 Å². The normalized spacial score (nSPS) is 11.5.